The molecule has 2 aromatic heterocycles. The van der Waals surface area contributed by atoms with E-state index in [2.05, 4.69) is 45.4 Å². The number of hydrogen-bond donors (Lipinski definition) is 8. The summed E-state index contributed by atoms with van der Waals surface area (Å²) < 4.78 is 60.4. The smallest absolute Gasteiger partial charge is 0.458 e. The van der Waals surface area contributed by atoms with E-state index in [1.165, 1.54) is 42.0 Å². The number of pyridine rings is 2. The molecule has 4 aromatic rings. The molecule has 0 spiro atoms. The number of aromatic nitrogens is 2. The summed E-state index contributed by atoms with van der Waals surface area (Å²) in [6.07, 6.45) is 7.98. The number of carbonyl (C=O) groups excluding carboxylic acids is 8. The van der Waals surface area contributed by atoms with Gasteiger partial charge in [-0.3, -0.25) is 28.8 Å². The minimum absolute atomic E-state index is 0.0292. The number of nitrogens with one attached hydrogen (secondary N) is 6. The zero-order valence-corrected chi connectivity index (χ0v) is 55.5. The molecule has 2 aromatic carbocycles. The molecule has 1 unspecified atom stereocenters. The fourth-order valence-corrected chi connectivity index (χ4v) is 11.6. The number of benzene rings is 2. The van der Waals surface area contributed by atoms with Gasteiger partial charge in [-0.25, -0.2) is 23.8 Å². The maximum absolute atomic E-state index is 15.4. The molecule has 5 atom stereocenters. The first kappa shape index (κ1) is 75.0. The number of hydrogen-bond acceptors (Lipinski definition) is 19. The van der Waals surface area contributed by atoms with Crippen LogP contribution in [0.25, 0.3) is 22.3 Å². The number of ether oxygens (including phenoxy) is 8. The predicted octanol–water partition coefficient (Wildman–Crippen LogP) is 5.50. The summed E-state index contributed by atoms with van der Waals surface area (Å²) in [7, 11) is 0. The van der Waals surface area contributed by atoms with E-state index in [-0.39, 0.29) is 113 Å². The number of aliphatic hydroxyl groups is 1. The third-order valence-electron chi connectivity index (χ3n) is 16.9. The van der Waals surface area contributed by atoms with Crippen LogP contribution < -0.4 is 43.2 Å². The molecule has 96 heavy (non-hydrogen) atoms. The number of primary amides is 1. The molecule has 9 N–H and O–H groups in total. The number of unbranched alkanes of at least 4 members (excludes halogenated alkanes) is 4. The Bertz CT molecular complexity index is 3460. The first-order chi connectivity index (χ1) is 46.2. The lowest BCUT2D eigenvalue weighted by Gasteiger charge is -2.31. The minimum atomic E-state index is -2.07. The lowest BCUT2D eigenvalue weighted by atomic mass is 9.81. The van der Waals surface area contributed by atoms with E-state index in [0.717, 1.165) is 19.3 Å². The van der Waals surface area contributed by atoms with Gasteiger partial charge in [-0.15, -0.1) is 6.58 Å². The number of rotatable bonds is 41. The summed E-state index contributed by atoms with van der Waals surface area (Å²) in [4.78, 5) is 122. The van der Waals surface area contributed by atoms with Gasteiger partial charge < -0.3 is 85.2 Å². The number of esters is 1. The topological polar surface area (TPSA) is 364 Å². The van der Waals surface area contributed by atoms with Crippen molar-refractivity contribution in [2.24, 2.45) is 11.7 Å². The fourth-order valence-electron chi connectivity index (χ4n) is 11.6. The van der Waals surface area contributed by atoms with Gasteiger partial charge >= 0.3 is 18.2 Å². The van der Waals surface area contributed by atoms with Crippen LogP contribution >= 0.6 is 0 Å². The summed E-state index contributed by atoms with van der Waals surface area (Å²) in [5.74, 6) is -4.31. The standard InChI is InChI=1S/C68H92FN9O18/c1-7-10-11-12-13-15-45(8-2)93-39-56(80)71-25-27-90-29-31-92-33-32-91-30-28-89-26-23-55(79)77-60(41(4)5)63(83)76-52(16-14-24-72-66(70)86)62(82)73-44-19-17-43(18-20-44)37-95-67(87)96-40-57(81)74-51-22-21-46-42(6)50(69)35-53-58(46)59(51)47-36-78-54(61(47)75-53)34-49-48(64(78)84)38-94-65(85)68(49,88)9-3/h8,17-20,34-35,41,45,51-52,60,88H,2,7,9-16,21-33,36-40H2,1,3-6H3,(H,71,80)(H,73,82)(H,74,81)(H,76,83)(H,77,79)(H3,70,72,86)/t45?,51-,52-,60-,68-/m0/s1. The predicted molar refractivity (Wildman–Crippen MR) is 349 cm³/mol. The van der Waals surface area contributed by atoms with Crippen LogP contribution in [-0.2, 0) is 98.4 Å². The van der Waals surface area contributed by atoms with Crippen LogP contribution in [-0.4, -0.2) is 160 Å². The van der Waals surface area contributed by atoms with Crippen molar-refractivity contribution < 1.29 is 85.7 Å². The van der Waals surface area contributed by atoms with Crippen LogP contribution in [0.2, 0.25) is 0 Å². The first-order valence-electron chi connectivity index (χ1n) is 32.9. The number of urea groups is 1. The number of aryl methyl sites for hydroxylation is 1. The van der Waals surface area contributed by atoms with Crippen LogP contribution in [0, 0.1) is 18.7 Å². The van der Waals surface area contributed by atoms with Crippen molar-refractivity contribution in [2.45, 2.75) is 161 Å². The molecule has 7 rings (SSSR count). The molecule has 524 valence electrons. The fraction of sp³-hybridized carbons (Fsp3) is 0.559. The molecule has 2 aliphatic heterocycles. The number of carbonyl (C=O) groups is 8. The molecular weight excluding hydrogens is 1250 g/mol. The highest BCUT2D eigenvalue weighted by molar-refractivity contribution is 5.99. The first-order valence-corrected chi connectivity index (χ1v) is 32.9. The summed E-state index contributed by atoms with van der Waals surface area (Å²) in [5.41, 5.74) is 7.00. The van der Waals surface area contributed by atoms with Crippen molar-refractivity contribution in [3.05, 3.63) is 104 Å². The minimum Gasteiger partial charge on any atom is -0.458 e. The Kier molecular flexibility index (Phi) is 29.1. The van der Waals surface area contributed by atoms with E-state index in [1.54, 1.807) is 52.0 Å². The normalized spacial score (nSPS) is 16.0. The van der Waals surface area contributed by atoms with Crippen LogP contribution in [0.15, 0.2) is 53.8 Å². The number of nitrogens with zero attached hydrogens (tertiary/aromatic N) is 2. The van der Waals surface area contributed by atoms with Gasteiger partial charge in [0.05, 0.1) is 94.0 Å². The van der Waals surface area contributed by atoms with Gasteiger partial charge in [-0.1, -0.05) is 78.0 Å². The summed E-state index contributed by atoms with van der Waals surface area (Å²) in [6, 6.07) is 5.47. The molecular formula is C68H92FN9O18. The quantitative estimate of drug-likeness (QED) is 0.0136. The molecule has 0 saturated carbocycles. The highest BCUT2D eigenvalue weighted by Gasteiger charge is 2.46. The molecule has 0 saturated heterocycles. The van der Waals surface area contributed by atoms with Crippen molar-refractivity contribution in [1.29, 1.82) is 0 Å². The van der Waals surface area contributed by atoms with Gasteiger partial charge in [-0.2, -0.15) is 0 Å². The molecule has 28 heteroatoms. The van der Waals surface area contributed by atoms with Crippen LogP contribution in [0.5, 0.6) is 0 Å². The summed E-state index contributed by atoms with van der Waals surface area (Å²) in [5, 5.41) is 28.4. The van der Waals surface area contributed by atoms with Crippen LogP contribution in [0.3, 0.4) is 0 Å². The maximum atomic E-state index is 15.4. The lowest BCUT2D eigenvalue weighted by Crippen LogP contribution is -2.54. The molecule has 0 radical (unpaired) electrons. The van der Waals surface area contributed by atoms with Gasteiger partial charge in [0.15, 0.2) is 12.2 Å². The van der Waals surface area contributed by atoms with E-state index in [1.807, 2.05) is 0 Å². The molecule has 0 bridgehead atoms. The highest BCUT2D eigenvalue weighted by atomic mass is 19.1. The number of halogens is 1. The number of fused-ring (bicyclic) bond motifs is 5. The Hall–Kier alpha value is -8.41. The Morgan fingerprint density at radius 3 is 2.19 bits per heavy atom. The second-order valence-corrected chi connectivity index (χ2v) is 24.1. The van der Waals surface area contributed by atoms with Gasteiger partial charge in [0.25, 0.3) is 11.5 Å². The molecule has 1 aliphatic carbocycles. The SMILES string of the molecule is C=CC(CCCCCCC)OCC(=O)NCCOCCOCCOCCOCCC(=O)N[C@H](C(=O)N[C@@H](CCCNC(N)=O)C(=O)Nc1ccc(COC(=O)OCC(=O)N[C@H]2CCc3c(C)c(F)cc4nc5c(c2c34)Cn2c-5cc3c(c2=O)COC(=O)[C@]3(O)CC)cc1)C(C)C. The monoisotopic (exact) mass is 1340 g/mol. The Morgan fingerprint density at radius 1 is 0.812 bits per heavy atom. The van der Waals surface area contributed by atoms with Crippen molar-refractivity contribution >= 4 is 64.3 Å². The Labute approximate surface area is 557 Å². The third kappa shape index (κ3) is 20.8. The van der Waals surface area contributed by atoms with E-state index < -0.39 is 83.5 Å². The van der Waals surface area contributed by atoms with E-state index in [0.29, 0.717) is 103 Å². The van der Waals surface area contributed by atoms with E-state index >= 15 is 4.39 Å². The van der Waals surface area contributed by atoms with Gasteiger partial charge in [0.1, 0.15) is 37.7 Å². The maximum Gasteiger partial charge on any atom is 0.509 e. The van der Waals surface area contributed by atoms with Crippen molar-refractivity contribution in [1.82, 2.24) is 36.1 Å². The second-order valence-electron chi connectivity index (χ2n) is 24.1. The van der Waals surface area contributed by atoms with Gasteiger partial charge in [0, 0.05) is 47.8 Å². The van der Waals surface area contributed by atoms with Crippen molar-refractivity contribution in [2.75, 3.05) is 84.5 Å². The Balaban J connectivity index is 0.801. The molecule has 27 nitrogen and oxygen atoms in total. The van der Waals surface area contributed by atoms with Crippen molar-refractivity contribution in [3.63, 3.8) is 0 Å². The number of anilines is 1. The zero-order valence-electron chi connectivity index (χ0n) is 55.5. The number of amides is 7. The van der Waals surface area contributed by atoms with E-state index in [4.69, 9.17) is 48.6 Å². The molecule has 7 amide bonds. The average Bonchev–Trinajstić information content (AvgIpc) is 1.49. The van der Waals surface area contributed by atoms with Gasteiger partial charge in [0.2, 0.25) is 23.6 Å². The zero-order chi connectivity index (χ0) is 69.3. The average molecular weight is 1340 g/mol. The summed E-state index contributed by atoms with van der Waals surface area (Å²) in [6.45, 7) is 14.0. The van der Waals surface area contributed by atoms with Crippen molar-refractivity contribution in [3.8, 4) is 11.4 Å². The third-order valence-corrected chi connectivity index (χ3v) is 16.9. The van der Waals surface area contributed by atoms with E-state index in [9.17, 15) is 48.3 Å². The lowest BCUT2D eigenvalue weighted by molar-refractivity contribution is -0.172. The molecule has 0 fully saturated rings. The second kappa shape index (κ2) is 37.2. The van der Waals surface area contributed by atoms with Crippen LogP contribution in [0.4, 0.5) is 19.7 Å². The number of cyclic esters (lactones) is 1. The van der Waals surface area contributed by atoms with Gasteiger partial charge in [-0.05, 0) is 91.8 Å². The summed E-state index contributed by atoms with van der Waals surface area (Å²) >= 11 is 0. The van der Waals surface area contributed by atoms with Crippen LogP contribution in [0.1, 0.15) is 143 Å². The Morgan fingerprint density at radius 2 is 1.51 bits per heavy atom. The highest BCUT2D eigenvalue weighted by Crippen LogP contribution is 2.46. The molecule has 4 heterocycles. The molecule has 3 aliphatic rings. The largest absolute Gasteiger partial charge is 0.509 e. The number of nitrogens with two attached hydrogens (primary N) is 1.